The molecule has 9 nitrogen and oxygen atoms in total. The van der Waals surface area contributed by atoms with Crippen molar-refractivity contribution in [2.24, 2.45) is 0 Å². The van der Waals surface area contributed by atoms with Crippen molar-refractivity contribution in [1.82, 2.24) is 10.6 Å². The Labute approximate surface area is 127 Å². The molecule has 1 aliphatic heterocycles. The van der Waals surface area contributed by atoms with Gasteiger partial charge in [0.05, 0.1) is 18.2 Å². The molecule has 0 aromatic carbocycles. The van der Waals surface area contributed by atoms with E-state index in [9.17, 15) is 24.6 Å². The summed E-state index contributed by atoms with van der Waals surface area (Å²) in [6, 6.07) is -2.04. The Kier molecular flexibility index (Phi) is 5.89. The lowest BCUT2D eigenvalue weighted by Gasteiger charge is -2.39. The second-order valence-corrected chi connectivity index (χ2v) is 5.10. The molecule has 0 saturated heterocycles. The third-order valence-electron chi connectivity index (χ3n) is 3.13. The molecule has 1 aliphatic rings. The summed E-state index contributed by atoms with van der Waals surface area (Å²) in [4.78, 5) is 33.6. The highest BCUT2D eigenvalue weighted by Gasteiger charge is 2.43. The number of carboxylic acids is 1. The fourth-order valence-electron chi connectivity index (χ4n) is 2.24. The molecule has 0 radical (unpaired) electrons. The van der Waals surface area contributed by atoms with E-state index in [0.717, 1.165) is 6.08 Å². The number of aliphatic hydroxyl groups is 2. The van der Waals surface area contributed by atoms with Gasteiger partial charge in [-0.25, -0.2) is 4.79 Å². The number of ether oxygens (including phenoxy) is 1. The molecule has 5 N–H and O–H groups in total. The topological polar surface area (TPSA) is 145 Å². The summed E-state index contributed by atoms with van der Waals surface area (Å²) in [5.74, 6) is -2.87. The first kappa shape index (κ1) is 17.9. The van der Waals surface area contributed by atoms with Crippen molar-refractivity contribution in [3.63, 3.8) is 0 Å². The molecule has 1 heterocycles. The number of rotatable bonds is 5. The smallest absolute Gasteiger partial charge is 0.370 e. The van der Waals surface area contributed by atoms with E-state index in [1.807, 2.05) is 0 Å². The Morgan fingerprint density at radius 2 is 1.86 bits per heavy atom. The van der Waals surface area contributed by atoms with Crippen LogP contribution in [0.2, 0.25) is 0 Å². The molecule has 2 amide bonds. The number of carboxylic acid groups (broad SMARTS) is 1. The fourth-order valence-corrected chi connectivity index (χ4v) is 2.24. The minimum atomic E-state index is -1.41. The standard InChI is InChI=1S/C13H20N2O7/c1-5(16)10(14-6(2)17)12-11(15-7(3)18)8(19)4-9(22-12)13(20)21/h4-5,8,10-12,16,19H,1-3H3,(H,14,17)(H,15,18)(H,20,21)/t5-,8-,10-,11-,12?/m0/s1. The number of carbonyl (C=O) groups is 3. The summed E-state index contributed by atoms with van der Waals surface area (Å²) in [7, 11) is 0. The monoisotopic (exact) mass is 316 g/mol. The zero-order valence-electron chi connectivity index (χ0n) is 12.4. The Morgan fingerprint density at radius 3 is 2.27 bits per heavy atom. The van der Waals surface area contributed by atoms with Crippen LogP contribution in [0.15, 0.2) is 11.8 Å². The van der Waals surface area contributed by atoms with E-state index in [4.69, 9.17) is 9.84 Å². The van der Waals surface area contributed by atoms with Gasteiger partial charge in [0, 0.05) is 13.8 Å². The average molecular weight is 316 g/mol. The molecule has 0 aromatic rings. The number of aliphatic hydroxyl groups excluding tert-OH is 2. The second kappa shape index (κ2) is 7.23. The summed E-state index contributed by atoms with van der Waals surface area (Å²) >= 11 is 0. The highest BCUT2D eigenvalue weighted by Crippen LogP contribution is 2.23. The quantitative estimate of drug-likeness (QED) is 0.398. The zero-order valence-corrected chi connectivity index (χ0v) is 12.4. The number of aliphatic carboxylic acids is 1. The van der Waals surface area contributed by atoms with Crippen LogP contribution in [0.1, 0.15) is 20.8 Å². The summed E-state index contributed by atoms with van der Waals surface area (Å²) in [6.07, 6.45) is -2.65. The Balaban J connectivity index is 3.17. The van der Waals surface area contributed by atoms with Crippen LogP contribution in [0.5, 0.6) is 0 Å². The molecule has 1 rings (SSSR count). The van der Waals surface area contributed by atoms with Crippen LogP contribution in [0.25, 0.3) is 0 Å². The molecular formula is C13H20N2O7. The van der Waals surface area contributed by atoms with Crippen molar-refractivity contribution in [2.75, 3.05) is 0 Å². The molecule has 0 fully saturated rings. The van der Waals surface area contributed by atoms with Crippen LogP contribution >= 0.6 is 0 Å². The van der Waals surface area contributed by atoms with Gasteiger partial charge in [-0.2, -0.15) is 0 Å². The lowest BCUT2D eigenvalue weighted by molar-refractivity contribution is -0.142. The normalized spacial score (nSPS) is 27.0. The molecule has 0 saturated carbocycles. The van der Waals surface area contributed by atoms with E-state index in [1.165, 1.54) is 20.8 Å². The van der Waals surface area contributed by atoms with Crippen LogP contribution in [0.4, 0.5) is 0 Å². The molecule has 0 aliphatic carbocycles. The molecule has 9 heteroatoms. The first-order valence-corrected chi connectivity index (χ1v) is 6.65. The van der Waals surface area contributed by atoms with Crippen LogP contribution in [-0.2, 0) is 19.1 Å². The molecule has 0 spiro atoms. The number of amides is 2. The van der Waals surface area contributed by atoms with Crippen molar-refractivity contribution in [3.8, 4) is 0 Å². The minimum absolute atomic E-state index is 0.475. The third kappa shape index (κ3) is 4.43. The SMILES string of the molecule is CC(=O)N[C@H](C1OC(C(=O)O)=C[C@H](O)[C@@H]1NC(C)=O)[C@H](C)O. The molecule has 0 aromatic heterocycles. The lowest BCUT2D eigenvalue weighted by Crippen LogP contribution is -2.63. The predicted octanol–water partition coefficient (Wildman–Crippen LogP) is -1.90. The van der Waals surface area contributed by atoms with E-state index in [2.05, 4.69) is 10.6 Å². The highest BCUT2D eigenvalue weighted by molar-refractivity contribution is 5.84. The van der Waals surface area contributed by atoms with E-state index in [-0.39, 0.29) is 0 Å². The predicted molar refractivity (Wildman–Crippen MR) is 73.5 cm³/mol. The summed E-state index contributed by atoms with van der Waals surface area (Å²) in [5.41, 5.74) is 0. The van der Waals surface area contributed by atoms with Gasteiger partial charge in [0.2, 0.25) is 17.6 Å². The highest BCUT2D eigenvalue weighted by atomic mass is 16.5. The van der Waals surface area contributed by atoms with Gasteiger partial charge in [0.25, 0.3) is 0 Å². The third-order valence-corrected chi connectivity index (χ3v) is 3.13. The van der Waals surface area contributed by atoms with E-state index < -0.39 is 53.9 Å². The first-order valence-electron chi connectivity index (χ1n) is 6.65. The van der Waals surface area contributed by atoms with E-state index >= 15 is 0 Å². The average Bonchev–Trinajstić information content (AvgIpc) is 2.37. The van der Waals surface area contributed by atoms with Gasteiger partial charge in [-0.15, -0.1) is 0 Å². The van der Waals surface area contributed by atoms with Gasteiger partial charge >= 0.3 is 5.97 Å². The van der Waals surface area contributed by atoms with Gasteiger partial charge in [0.1, 0.15) is 12.2 Å². The van der Waals surface area contributed by atoms with E-state index in [1.54, 1.807) is 0 Å². The summed E-state index contributed by atoms with van der Waals surface area (Å²) in [5, 5.41) is 33.7. The van der Waals surface area contributed by atoms with Gasteiger partial charge in [-0.1, -0.05) is 0 Å². The number of hydrogen-bond acceptors (Lipinski definition) is 6. The van der Waals surface area contributed by atoms with Crippen LogP contribution in [0.3, 0.4) is 0 Å². The lowest BCUT2D eigenvalue weighted by atomic mass is 9.92. The fraction of sp³-hybridized carbons (Fsp3) is 0.615. The molecule has 0 bridgehead atoms. The van der Waals surface area contributed by atoms with Gasteiger partial charge < -0.3 is 30.7 Å². The summed E-state index contributed by atoms with van der Waals surface area (Å²) < 4.78 is 5.27. The Hall–Kier alpha value is -2.13. The Bertz CT molecular complexity index is 489. The van der Waals surface area contributed by atoms with Crippen LogP contribution in [-0.4, -0.2) is 63.5 Å². The summed E-state index contributed by atoms with van der Waals surface area (Å²) in [6.45, 7) is 3.81. The Morgan fingerprint density at radius 1 is 1.27 bits per heavy atom. The molecule has 5 atom stereocenters. The molecule has 1 unspecified atom stereocenters. The number of hydrogen-bond donors (Lipinski definition) is 5. The van der Waals surface area contributed by atoms with Crippen molar-refractivity contribution < 1.29 is 34.4 Å². The second-order valence-electron chi connectivity index (χ2n) is 5.10. The largest absolute Gasteiger partial charge is 0.479 e. The van der Waals surface area contributed by atoms with Crippen LogP contribution in [0, 0.1) is 0 Å². The number of carbonyl (C=O) groups excluding carboxylic acids is 2. The maximum Gasteiger partial charge on any atom is 0.370 e. The van der Waals surface area contributed by atoms with Gasteiger partial charge in [-0.05, 0) is 13.0 Å². The zero-order chi connectivity index (χ0) is 17.0. The maximum absolute atomic E-state index is 11.3. The van der Waals surface area contributed by atoms with Crippen LogP contribution < -0.4 is 10.6 Å². The van der Waals surface area contributed by atoms with E-state index in [0.29, 0.717) is 0 Å². The minimum Gasteiger partial charge on any atom is -0.479 e. The first-order chi connectivity index (χ1) is 10.1. The van der Waals surface area contributed by atoms with Crippen molar-refractivity contribution in [1.29, 1.82) is 0 Å². The van der Waals surface area contributed by atoms with Gasteiger partial charge in [-0.3, -0.25) is 9.59 Å². The maximum atomic E-state index is 11.3. The molecule has 124 valence electrons. The molecular weight excluding hydrogens is 296 g/mol. The molecule has 22 heavy (non-hydrogen) atoms. The van der Waals surface area contributed by atoms with Crippen molar-refractivity contribution in [3.05, 3.63) is 11.8 Å². The van der Waals surface area contributed by atoms with Gasteiger partial charge in [0.15, 0.2) is 0 Å². The van der Waals surface area contributed by atoms with Crippen molar-refractivity contribution >= 4 is 17.8 Å². The van der Waals surface area contributed by atoms with Crippen molar-refractivity contribution in [2.45, 2.75) is 51.2 Å². The number of nitrogens with one attached hydrogen (secondary N) is 2.